The number of hydrogen-bond acceptors (Lipinski definition) is 6. The minimum atomic E-state index is -3.72. The predicted octanol–water partition coefficient (Wildman–Crippen LogP) is 3.31. The molecule has 154 valence electrons. The molecule has 2 heterocycles. The molecule has 0 bridgehead atoms. The van der Waals surface area contributed by atoms with Crippen LogP contribution >= 0.6 is 0 Å². The van der Waals surface area contributed by atoms with Crippen LogP contribution < -0.4 is 5.32 Å². The van der Waals surface area contributed by atoms with E-state index in [0.717, 1.165) is 38.5 Å². The van der Waals surface area contributed by atoms with Crippen molar-refractivity contribution in [2.75, 3.05) is 38.2 Å². The zero-order valence-electron chi connectivity index (χ0n) is 15.9. The van der Waals surface area contributed by atoms with Crippen molar-refractivity contribution < 1.29 is 18.1 Å². The number of rotatable bonds is 7. The van der Waals surface area contributed by atoms with Gasteiger partial charge in [0, 0.05) is 25.7 Å². The third-order valence-electron chi connectivity index (χ3n) is 5.19. The molecule has 0 radical (unpaired) electrons. The van der Waals surface area contributed by atoms with Crippen LogP contribution in [0.2, 0.25) is 0 Å². The molecule has 0 spiro atoms. The summed E-state index contributed by atoms with van der Waals surface area (Å²) in [6.45, 7) is 2.79. The van der Waals surface area contributed by atoms with E-state index in [9.17, 15) is 18.5 Å². The first-order valence-corrected chi connectivity index (χ1v) is 11.2. The van der Waals surface area contributed by atoms with Gasteiger partial charge in [-0.1, -0.05) is 24.5 Å². The monoisotopic (exact) mass is 409 g/mol. The maximum absolute atomic E-state index is 12.9. The molecule has 3 rings (SSSR count). The minimum Gasteiger partial charge on any atom is -0.379 e. The van der Waals surface area contributed by atoms with Crippen LogP contribution in [0.15, 0.2) is 34.7 Å². The Labute approximate surface area is 165 Å². The summed E-state index contributed by atoms with van der Waals surface area (Å²) in [4.78, 5) is 11.0. The van der Waals surface area contributed by atoms with Gasteiger partial charge < -0.3 is 10.1 Å². The lowest BCUT2D eigenvalue weighted by molar-refractivity contribution is -0.384. The average molecular weight is 410 g/mol. The van der Waals surface area contributed by atoms with Gasteiger partial charge in [-0.05, 0) is 37.8 Å². The van der Waals surface area contributed by atoms with Crippen molar-refractivity contribution in [2.24, 2.45) is 0 Å². The molecule has 28 heavy (non-hydrogen) atoms. The van der Waals surface area contributed by atoms with Crippen LogP contribution in [0, 0.1) is 10.1 Å². The van der Waals surface area contributed by atoms with Crippen molar-refractivity contribution in [3.05, 3.63) is 40.0 Å². The molecule has 1 saturated heterocycles. The molecule has 0 unspecified atom stereocenters. The number of hydrogen-bond donors (Lipinski definition) is 1. The second kappa shape index (κ2) is 9.49. The molecule has 9 heteroatoms. The van der Waals surface area contributed by atoms with Crippen molar-refractivity contribution in [3.8, 4) is 0 Å². The van der Waals surface area contributed by atoms with E-state index in [4.69, 9.17) is 4.74 Å². The van der Waals surface area contributed by atoms with Crippen molar-refractivity contribution in [3.63, 3.8) is 0 Å². The van der Waals surface area contributed by atoms with E-state index in [0.29, 0.717) is 38.5 Å². The maximum atomic E-state index is 12.9. The Kier molecular flexibility index (Phi) is 7.03. The van der Waals surface area contributed by atoms with E-state index >= 15 is 0 Å². The van der Waals surface area contributed by atoms with Gasteiger partial charge in [-0.3, -0.25) is 10.1 Å². The Morgan fingerprint density at radius 3 is 2.57 bits per heavy atom. The summed E-state index contributed by atoms with van der Waals surface area (Å²) in [6.07, 6.45) is 7.35. The molecule has 0 atom stereocenters. The number of nitrogens with one attached hydrogen (secondary N) is 1. The van der Waals surface area contributed by atoms with Gasteiger partial charge in [-0.15, -0.1) is 0 Å². The van der Waals surface area contributed by atoms with Crippen LogP contribution in [0.25, 0.3) is 0 Å². The molecule has 8 nitrogen and oxygen atoms in total. The van der Waals surface area contributed by atoms with Crippen LogP contribution in [0.5, 0.6) is 0 Å². The summed E-state index contributed by atoms with van der Waals surface area (Å²) in [6, 6.07) is 4.14. The fourth-order valence-electron chi connectivity index (χ4n) is 3.55. The number of nitro benzene ring substituents is 1. The van der Waals surface area contributed by atoms with Gasteiger partial charge in [0.1, 0.15) is 5.69 Å². The minimum absolute atomic E-state index is 0.0150. The van der Waals surface area contributed by atoms with Gasteiger partial charge in [0.15, 0.2) is 0 Å². The van der Waals surface area contributed by atoms with Crippen molar-refractivity contribution in [1.29, 1.82) is 0 Å². The molecule has 0 aromatic heterocycles. The zero-order valence-corrected chi connectivity index (χ0v) is 16.7. The van der Waals surface area contributed by atoms with Gasteiger partial charge in [0.2, 0.25) is 10.0 Å². The Hall–Kier alpha value is -1.97. The highest BCUT2D eigenvalue weighted by atomic mass is 32.2. The van der Waals surface area contributed by atoms with Gasteiger partial charge in [0.05, 0.1) is 23.0 Å². The fourth-order valence-corrected chi connectivity index (χ4v) is 5.09. The van der Waals surface area contributed by atoms with Gasteiger partial charge in [-0.25, -0.2) is 8.42 Å². The third-order valence-corrected chi connectivity index (χ3v) is 7.08. The van der Waals surface area contributed by atoms with Crippen LogP contribution in [0.1, 0.15) is 38.5 Å². The molecule has 1 fully saturated rings. The summed E-state index contributed by atoms with van der Waals surface area (Å²) < 4.78 is 32.5. The first kappa shape index (κ1) is 20.8. The number of nitro groups is 1. The first-order chi connectivity index (χ1) is 13.5. The molecule has 0 aliphatic carbocycles. The third kappa shape index (κ3) is 5.09. The van der Waals surface area contributed by atoms with E-state index in [1.807, 2.05) is 6.08 Å². The fraction of sp³-hybridized carbons (Fsp3) is 0.579. The average Bonchev–Trinajstić information content (AvgIpc) is 2.99. The molecular weight excluding hydrogens is 382 g/mol. The Morgan fingerprint density at radius 1 is 1.18 bits per heavy atom. The SMILES string of the molecule is O=[N+]([O-])c1cc(S(=O)(=O)N2CCCCCC2)ccc1NCCC1=CCOCC1. The predicted molar refractivity (Wildman–Crippen MR) is 107 cm³/mol. The number of sulfonamides is 1. The van der Waals surface area contributed by atoms with Gasteiger partial charge in [0.25, 0.3) is 5.69 Å². The molecule has 2 aliphatic heterocycles. The highest BCUT2D eigenvalue weighted by Crippen LogP contribution is 2.30. The van der Waals surface area contributed by atoms with Crippen LogP contribution in [-0.4, -0.2) is 50.5 Å². The largest absolute Gasteiger partial charge is 0.379 e. The number of benzene rings is 1. The highest BCUT2D eigenvalue weighted by Gasteiger charge is 2.28. The van der Waals surface area contributed by atoms with Crippen molar-refractivity contribution in [2.45, 2.75) is 43.4 Å². The summed E-state index contributed by atoms with van der Waals surface area (Å²) in [5, 5.41) is 14.6. The maximum Gasteiger partial charge on any atom is 0.293 e. The molecule has 1 aromatic carbocycles. The second-order valence-electron chi connectivity index (χ2n) is 7.12. The molecule has 0 amide bonds. The summed E-state index contributed by atoms with van der Waals surface area (Å²) in [5.74, 6) is 0. The molecule has 0 saturated carbocycles. The van der Waals surface area contributed by atoms with Crippen LogP contribution in [-0.2, 0) is 14.8 Å². The summed E-state index contributed by atoms with van der Waals surface area (Å²) in [5.41, 5.74) is 1.39. The molecular formula is C19H27N3O5S. The summed E-state index contributed by atoms with van der Waals surface area (Å²) >= 11 is 0. The topological polar surface area (TPSA) is 102 Å². The highest BCUT2D eigenvalue weighted by molar-refractivity contribution is 7.89. The van der Waals surface area contributed by atoms with E-state index in [1.54, 1.807) is 0 Å². The van der Waals surface area contributed by atoms with Crippen molar-refractivity contribution >= 4 is 21.4 Å². The van der Waals surface area contributed by atoms with E-state index in [-0.39, 0.29) is 10.6 Å². The number of nitrogens with zero attached hydrogens (tertiary/aromatic N) is 2. The Morgan fingerprint density at radius 2 is 1.93 bits per heavy atom. The lowest BCUT2D eigenvalue weighted by atomic mass is 10.1. The Balaban J connectivity index is 1.74. The molecule has 2 aliphatic rings. The van der Waals surface area contributed by atoms with Crippen LogP contribution in [0.3, 0.4) is 0 Å². The van der Waals surface area contributed by atoms with E-state index in [2.05, 4.69) is 5.32 Å². The quantitative estimate of drug-likeness (QED) is 0.421. The lowest BCUT2D eigenvalue weighted by Crippen LogP contribution is -2.32. The zero-order chi connectivity index (χ0) is 20.0. The molecule has 1 N–H and O–H groups in total. The second-order valence-corrected chi connectivity index (χ2v) is 9.06. The number of ether oxygens (including phenoxy) is 1. The first-order valence-electron chi connectivity index (χ1n) is 9.76. The number of anilines is 1. The van der Waals surface area contributed by atoms with E-state index < -0.39 is 14.9 Å². The summed E-state index contributed by atoms with van der Waals surface area (Å²) in [7, 11) is -3.72. The van der Waals surface area contributed by atoms with Gasteiger partial charge >= 0.3 is 0 Å². The Bertz CT molecular complexity index is 830. The standard InChI is InChI=1S/C19H27N3O5S/c23-22(24)19-15-17(28(25,26)21-11-3-1-2-4-12-21)5-6-18(19)20-10-7-16-8-13-27-14-9-16/h5-6,8,15,20H,1-4,7,9-14H2. The van der Waals surface area contributed by atoms with Crippen molar-refractivity contribution in [1.82, 2.24) is 4.31 Å². The normalized spacial score (nSPS) is 18.9. The van der Waals surface area contributed by atoms with Crippen LogP contribution in [0.4, 0.5) is 11.4 Å². The lowest BCUT2D eigenvalue weighted by Gasteiger charge is -2.20. The van der Waals surface area contributed by atoms with E-state index in [1.165, 1.54) is 28.1 Å². The molecule has 1 aromatic rings. The smallest absolute Gasteiger partial charge is 0.293 e. The van der Waals surface area contributed by atoms with Gasteiger partial charge in [-0.2, -0.15) is 4.31 Å².